The second-order valence-corrected chi connectivity index (χ2v) is 3.94. The lowest BCUT2D eigenvalue weighted by Crippen LogP contribution is -2.22. The molecule has 0 spiro atoms. The number of hydrogen-bond donors (Lipinski definition) is 2. The first kappa shape index (κ1) is 9.01. The smallest absolute Gasteiger partial charge is 0.235 e. The van der Waals surface area contributed by atoms with E-state index in [0.717, 1.165) is 0 Å². The van der Waals surface area contributed by atoms with Crippen molar-refractivity contribution < 1.29 is 12.9 Å². The van der Waals surface area contributed by atoms with Crippen LogP contribution in [0.25, 0.3) is 0 Å². The minimum Gasteiger partial charge on any atom is -0.363 e. The zero-order valence-corrected chi connectivity index (χ0v) is 7.04. The Hall–Kier alpha value is -1.08. The molecule has 0 saturated heterocycles. The Morgan fingerprint density at radius 2 is 2.42 bits per heavy atom. The van der Waals surface area contributed by atoms with Crippen LogP contribution in [-0.4, -0.2) is 25.9 Å². The van der Waals surface area contributed by atoms with Crippen LogP contribution in [0, 0.1) is 0 Å². The summed E-state index contributed by atoms with van der Waals surface area (Å²) in [5.74, 6) is 0.0447. The highest BCUT2D eigenvalue weighted by molar-refractivity contribution is 7.92. The predicted octanol–water partition coefficient (Wildman–Crippen LogP) is -0.625. The summed E-state index contributed by atoms with van der Waals surface area (Å²) in [4.78, 5) is 0. The molecule has 0 aliphatic carbocycles. The molecule has 0 atom stereocenters. The molecule has 0 saturated carbocycles. The monoisotopic (exact) mass is 191 g/mol. The van der Waals surface area contributed by atoms with Crippen molar-refractivity contribution in [1.82, 2.24) is 5.16 Å². The van der Waals surface area contributed by atoms with Crippen LogP contribution in [0.4, 0.5) is 5.82 Å². The van der Waals surface area contributed by atoms with Crippen molar-refractivity contribution in [2.24, 2.45) is 5.73 Å². The van der Waals surface area contributed by atoms with Crippen LogP contribution in [0.2, 0.25) is 0 Å². The van der Waals surface area contributed by atoms with Gasteiger partial charge in [0.15, 0.2) is 5.82 Å². The highest BCUT2D eigenvalue weighted by Gasteiger charge is 2.09. The van der Waals surface area contributed by atoms with Crippen LogP contribution in [0.5, 0.6) is 0 Å². The quantitative estimate of drug-likeness (QED) is 0.660. The van der Waals surface area contributed by atoms with Crippen LogP contribution in [-0.2, 0) is 10.0 Å². The Balaban J connectivity index is 2.63. The summed E-state index contributed by atoms with van der Waals surface area (Å²) in [6, 6.07) is 1.41. The van der Waals surface area contributed by atoms with Gasteiger partial charge < -0.3 is 10.3 Å². The summed E-state index contributed by atoms with van der Waals surface area (Å²) in [5.41, 5.74) is 5.08. The lowest BCUT2D eigenvalue weighted by molar-refractivity contribution is 0.423. The van der Waals surface area contributed by atoms with Gasteiger partial charge in [-0.25, -0.2) is 8.42 Å². The van der Waals surface area contributed by atoms with Crippen molar-refractivity contribution in [3.63, 3.8) is 0 Å². The number of hydrogen-bond acceptors (Lipinski definition) is 5. The molecular weight excluding hydrogens is 182 g/mol. The summed E-state index contributed by atoms with van der Waals surface area (Å²) >= 11 is 0. The lowest BCUT2D eigenvalue weighted by Gasteiger charge is -2.01. The van der Waals surface area contributed by atoms with Crippen molar-refractivity contribution >= 4 is 15.8 Å². The minimum atomic E-state index is -3.35. The number of nitrogens with zero attached hydrogens (tertiary/aromatic N) is 1. The summed E-state index contributed by atoms with van der Waals surface area (Å²) in [7, 11) is -3.35. The number of nitrogens with two attached hydrogens (primary N) is 1. The van der Waals surface area contributed by atoms with Crippen molar-refractivity contribution in [2.75, 3.05) is 17.0 Å². The molecule has 0 unspecified atom stereocenters. The van der Waals surface area contributed by atoms with Crippen molar-refractivity contribution in [3.05, 3.63) is 12.3 Å². The van der Waals surface area contributed by atoms with Gasteiger partial charge in [-0.15, -0.1) is 0 Å². The maximum absolute atomic E-state index is 11.0. The Morgan fingerprint density at radius 1 is 1.67 bits per heavy atom. The van der Waals surface area contributed by atoms with Gasteiger partial charge in [0.2, 0.25) is 10.0 Å². The van der Waals surface area contributed by atoms with Crippen LogP contribution in [0.1, 0.15) is 0 Å². The van der Waals surface area contributed by atoms with E-state index >= 15 is 0 Å². The molecule has 0 aliphatic rings. The first-order valence-corrected chi connectivity index (χ1v) is 4.90. The second kappa shape index (κ2) is 3.55. The molecule has 0 fully saturated rings. The SMILES string of the molecule is NCCS(=O)(=O)Nc1ccon1. The summed E-state index contributed by atoms with van der Waals surface area (Å²) in [5, 5.41) is 3.38. The standard InChI is InChI=1S/C5H9N3O3S/c6-2-4-12(9,10)8-5-1-3-11-7-5/h1,3H,2,4,6H2,(H,7,8). The van der Waals surface area contributed by atoms with E-state index in [9.17, 15) is 8.42 Å². The first-order valence-electron chi connectivity index (χ1n) is 3.25. The third kappa shape index (κ3) is 2.51. The van der Waals surface area contributed by atoms with Crippen LogP contribution in [0.15, 0.2) is 16.9 Å². The average molecular weight is 191 g/mol. The molecule has 12 heavy (non-hydrogen) atoms. The fourth-order valence-corrected chi connectivity index (χ4v) is 1.47. The summed E-state index contributed by atoms with van der Waals surface area (Å²) in [6.07, 6.45) is 1.28. The number of sulfonamides is 1. The minimum absolute atomic E-state index is 0.0766. The predicted molar refractivity (Wildman–Crippen MR) is 43.0 cm³/mol. The van der Waals surface area contributed by atoms with E-state index in [4.69, 9.17) is 5.73 Å². The van der Waals surface area contributed by atoms with Gasteiger partial charge >= 0.3 is 0 Å². The van der Waals surface area contributed by atoms with Crippen LogP contribution < -0.4 is 10.5 Å². The Labute approximate surface area is 69.8 Å². The van der Waals surface area contributed by atoms with Gasteiger partial charge in [0.05, 0.1) is 5.75 Å². The summed E-state index contributed by atoms with van der Waals surface area (Å²) < 4.78 is 28.7. The van der Waals surface area contributed by atoms with Gasteiger partial charge in [0.25, 0.3) is 0 Å². The van der Waals surface area contributed by atoms with Gasteiger partial charge in [0, 0.05) is 12.6 Å². The van der Waals surface area contributed by atoms with E-state index in [1.165, 1.54) is 12.3 Å². The average Bonchev–Trinajstić information content (AvgIpc) is 2.38. The normalized spacial score (nSPS) is 11.4. The molecule has 1 heterocycles. The number of anilines is 1. The molecule has 1 rings (SSSR count). The number of aromatic nitrogens is 1. The van der Waals surface area contributed by atoms with Gasteiger partial charge in [-0.3, -0.25) is 4.72 Å². The zero-order valence-electron chi connectivity index (χ0n) is 6.23. The van der Waals surface area contributed by atoms with Crippen LogP contribution in [0.3, 0.4) is 0 Å². The third-order valence-electron chi connectivity index (χ3n) is 1.08. The Morgan fingerprint density at radius 3 is 2.92 bits per heavy atom. The molecule has 1 aromatic rings. The van der Waals surface area contributed by atoms with Gasteiger partial charge in [-0.05, 0) is 0 Å². The molecule has 68 valence electrons. The molecule has 0 aliphatic heterocycles. The molecule has 0 bridgehead atoms. The molecule has 1 aromatic heterocycles. The fourth-order valence-electron chi connectivity index (χ4n) is 0.631. The molecule has 6 nitrogen and oxygen atoms in total. The van der Waals surface area contributed by atoms with Gasteiger partial charge in [0.1, 0.15) is 6.26 Å². The van der Waals surface area contributed by atoms with E-state index in [-0.39, 0.29) is 18.1 Å². The summed E-state index contributed by atoms with van der Waals surface area (Å²) in [6.45, 7) is 0.0766. The van der Waals surface area contributed by atoms with Crippen molar-refractivity contribution in [2.45, 2.75) is 0 Å². The number of nitrogens with one attached hydrogen (secondary N) is 1. The third-order valence-corrected chi connectivity index (χ3v) is 2.38. The largest absolute Gasteiger partial charge is 0.363 e. The number of rotatable bonds is 4. The van der Waals surface area contributed by atoms with Gasteiger partial charge in [-0.2, -0.15) is 0 Å². The fraction of sp³-hybridized carbons (Fsp3) is 0.400. The second-order valence-electron chi connectivity index (χ2n) is 2.09. The highest BCUT2D eigenvalue weighted by atomic mass is 32.2. The molecule has 7 heteroatoms. The van der Waals surface area contributed by atoms with E-state index < -0.39 is 10.0 Å². The highest BCUT2D eigenvalue weighted by Crippen LogP contribution is 2.03. The Kier molecular flexibility index (Phi) is 2.66. The Bertz CT molecular complexity index is 318. The first-order chi connectivity index (χ1) is 5.64. The van der Waals surface area contributed by atoms with E-state index in [2.05, 4.69) is 14.4 Å². The molecule has 0 amide bonds. The topological polar surface area (TPSA) is 98.2 Å². The maximum Gasteiger partial charge on any atom is 0.235 e. The van der Waals surface area contributed by atoms with E-state index in [1.807, 2.05) is 0 Å². The van der Waals surface area contributed by atoms with Crippen molar-refractivity contribution in [3.8, 4) is 0 Å². The molecular formula is C5H9N3O3S. The molecule has 0 aromatic carbocycles. The maximum atomic E-state index is 11.0. The van der Waals surface area contributed by atoms with Gasteiger partial charge in [-0.1, -0.05) is 5.16 Å². The van der Waals surface area contributed by atoms with E-state index in [0.29, 0.717) is 0 Å². The van der Waals surface area contributed by atoms with Crippen LogP contribution >= 0.6 is 0 Å². The zero-order chi connectivity index (χ0) is 9.03. The molecule has 0 radical (unpaired) electrons. The van der Waals surface area contributed by atoms with E-state index in [1.54, 1.807) is 0 Å². The van der Waals surface area contributed by atoms with Crippen molar-refractivity contribution in [1.29, 1.82) is 0 Å². The lowest BCUT2D eigenvalue weighted by atomic mass is 10.7. The molecule has 3 N–H and O–H groups in total.